The van der Waals surface area contributed by atoms with Crippen LogP contribution in [0.25, 0.3) is 0 Å². The highest BCUT2D eigenvalue weighted by Crippen LogP contribution is 2.40. The third kappa shape index (κ3) is 4.60. The summed E-state index contributed by atoms with van der Waals surface area (Å²) in [6, 6.07) is 1.74. The number of nitrogens with one attached hydrogen (secondary N) is 1. The number of aromatic nitrogens is 1. The molecule has 2 amide bonds. The van der Waals surface area contributed by atoms with Crippen molar-refractivity contribution in [2.75, 3.05) is 19.6 Å². The van der Waals surface area contributed by atoms with Crippen LogP contribution in [0.5, 0.6) is 0 Å². The van der Waals surface area contributed by atoms with Gasteiger partial charge < -0.3 is 20.5 Å². The first-order valence-electron chi connectivity index (χ1n) is 9.33. The van der Waals surface area contributed by atoms with Crippen LogP contribution in [0.2, 0.25) is 0 Å². The Morgan fingerprint density at radius 2 is 2.24 bits per heavy atom. The third-order valence-corrected chi connectivity index (χ3v) is 5.21. The topological polar surface area (TPSA) is 101 Å². The van der Waals surface area contributed by atoms with Gasteiger partial charge in [0.05, 0.1) is 0 Å². The predicted octanol–water partition coefficient (Wildman–Crippen LogP) is 1.65. The minimum atomic E-state index is -0.199. The third-order valence-electron chi connectivity index (χ3n) is 5.21. The van der Waals surface area contributed by atoms with E-state index in [1.807, 2.05) is 11.8 Å². The van der Waals surface area contributed by atoms with Crippen molar-refractivity contribution >= 4 is 11.8 Å². The van der Waals surface area contributed by atoms with Crippen LogP contribution >= 0.6 is 0 Å². The number of amides is 2. The van der Waals surface area contributed by atoms with E-state index in [9.17, 15) is 9.59 Å². The molecule has 1 aromatic heterocycles. The van der Waals surface area contributed by atoms with Gasteiger partial charge in [-0.15, -0.1) is 0 Å². The van der Waals surface area contributed by atoms with Crippen molar-refractivity contribution < 1.29 is 14.1 Å². The molecule has 7 heteroatoms. The first-order valence-corrected chi connectivity index (χ1v) is 9.33. The number of likely N-dealkylation sites (tertiary alicyclic amines) is 1. The van der Waals surface area contributed by atoms with Crippen molar-refractivity contribution in [1.29, 1.82) is 0 Å². The van der Waals surface area contributed by atoms with Crippen LogP contribution < -0.4 is 11.1 Å². The van der Waals surface area contributed by atoms with E-state index in [4.69, 9.17) is 10.3 Å². The Morgan fingerprint density at radius 3 is 2.96 bits per heavy atom. The second kappa shape index (κ2) is 7.99. The molecule has 0 radical (unpaired) electrons. The highest BCUT2D eigenvalue weighted by Gasteiger charge is 2.31. The Morgan fingerprint density at radius 1 is 1.44 bits per heavy atom. The molecule has 0 aromatic carbocycles. The lowest BCUT2D eigenvalue weighted by atomic mass is 9.91. The average Bonchev–Trinajstić information content (AvgIpc) is 3.36. The summed E-state index contributed by atoms with van der Waals surface area (Å²) >= 11 is 0. The van der Waals surface area contributed by atoms with Crippen LogP contribution in [-0.2, 0) is 4.79 Å². The summed E-state index contributed by atoms with van der Waals surface area (Å²) in [7, 11) is 0. The van der Waals surface area contributed by atoms with Crippen LogP contribution in [0.15, 0.2) is 10.6 Å². The molecule has 1 saturated heterocycles. The van der Waals surface area contributed by atoms with Crippen LogP contribution in [0.3, 0.4) is 0 Å². The first-order chi connectivity index (χ1) is 12.1. The number of hydrogen-bond donors (Lipinski definition) is 2. The van der Waals surface area contributed by atoms with E-state index in [1.54, 1.807) is 6.07 Å². The lowest BCUT2D eigenvalue weighted by Crippen LogP contribution is -2.48. The Hall–Kier alpha value is -1.89. The molecule has 2 atom stereocenters. The van der Waals surface area contributed by atoms with Crippen molar-refractivity contribution in [3.8, 4) is 0 Å². The minimum absolute atomic E-state index is 0.0151. The zero-order valence-corrected chi connectivity index (χ0v) is 14.9. The van der Waals surface area contributed by atoms with Gasteiger partial charge in [0.1, 0.15) is 5.76 Å². The maximum Gasteiger partial charge on any atom is 0.273 e. The molecule has 3 rings (SSSR count). The number of carbonyl (C=O) groups is 2. The van der Waals surface area contributed by atoms with E-state index in [0.717, 1.165) is 44.4 Å². The molecule has 1 aliphatic carbocycles. The van der Waals surface area contributed by atoms with Gasteiger partial charge in [0.15, 0.2) is 5.69 Å². The van der Waals surface area contributed by atoms with Crippen LogP contribution in [0.1, 0.15) is 67.6 Å². The highest BCUT2D eigenvalue weighted by atomic mass is 16.5. The average molecular weight is 348 g/mol. The van der Waals surface area contributed by atoms with E-state index in [2.05, 4.69) is 10.5 Å². The zero-order chi connectivity index (χ0) is 17.8. The van der Waals surface area contributed by atoms with Gasteiger partial charge in [-0.05, 0) is 51.5 Å². The molecule has 0 bridgehead atoms. The van der Waals surface area contributed by atoms with Crippen LogP contribution in [0.4, 0.5) is 0 Å². The summed E-state index contributed by atoms with van der Waals surface area (Å²) in [5.41, 5.74) is 5.83. The molecule has 3 N–H and O–H groups in total. The van der Waals surface area contributed by atoms with Gasteiger partial charge in [-0.3, -0.25) is 9.59 Å². The van der Waals surface area contributed by atoms with Gasteiger partial charge in [0.25, 0.3) is 5.91 Å². The number of hydrogen-bond acceptors (Lipinski definition) is 5. The van der Waals surface area contributed by atoms with Crippen LogP contribution in [-0.4, -0.2) is 47.5 Å². The smallest absolute Gasteiger partial charge is 0.273 e. The van der Waals surface area contributed by atoms with Crippen molar-refractivity contribution in [3.05, 3.63) is 17.5 Å². The molecule has 1 aliphatic heterocycles. The fourth-order valence-electron chi connectivity index (χ4n) is 3.41. The van der Waals surface area contributed by atoms with E-state index in [1.165, 1.54) is 0 Å². The molecule has 2 aliphatic rings. The molecule has 0 spiro atoms. The van der Waals surface area contributed by atoms with Crippen LogP contribution in [0, 0.1) is 5.92 Å². The molecule has 1 aromatic rings. The fourth-order valence-corrected chi connectivity index (χ4v) is 3.41. The molecule has 1 saturated carbocycles. The standard InChI is InChI=1S/C18H28N4O3/c1-12(14-4-3-9-22(11-14)17(23)5-2-8-19)20-18(24)15-10-16(25-21-15)13-6-7-13/h10,12-14H,2-9,11,19H2,1H3,(H,20,24). The number of nitrogens with zero attached hydrogens (tertiary/aromatic N) is 2. The van der Waals surface area contributed by atoms with Crippen molar-refractivity contribution in [2.45, 2.75) is 57.4 Å². The molecule has 7 nitrogen and oxygen atoms in total. The molecular formula is C18H28N4O3. The highest BCUT2D eigenvalue weighted by molar-refractivity contribution is 5.92. The second-order valence-electron chi connectivity index (χ2n) is 7.29. The monoisotopic (exact) mass is 348 g/mol. The van der Waals surface area contributed by atoms with Gasteiger partial charge in [0, 0.05) is 37.5 Å². The van der Waals surface area contributed by atoms with E-state index in [-0.39, 0.29) is 23.8 Å². The Bertz CT molecular complexity index is 611. The summed E-state index contributed by atoms with van der Waals surface area (Å²) in [5, 5.41) is 6.91. The zero-order valence-electron chi connectivity index (χ0n) is 14.9. The van der Waals surface area contributed by atoms with Crippen molar-refractivity contribution in [2.24, 2.45) is 11.7 Å². The number of rotatable bonds is 7. The minimum Gasteiger partial charge on any atom is -0.360 e. The fraction of sp³-hybridized carbons (Fsp3) is 0.722. The van der Waals surface area contributed by atoms with Crippen molar-refractivity contribution in [3.63, 3.8) is 0 Å². The van der Waals surface area contributed by atoms with E-state index < -0.39 is 0 Å². The maximum absolute atomic E-state index is 12.4. The molecule has 138 valence electrons. The lowest BCUT2D eigenvalue weighted by molar-refractivity contribution is -0.133. The van der Waals surface area contributed by atoms with Gasteiger partial charge >= 0.3 is 0 Å². The van der Waals surface area contributed by atoms with Gasteiger partial charge in [-0.25, -0.2) is 0 Å². The molecule has 2 fully saturated rings. The summed E-state index contributed by atoms with van der Waals surface area (Å²) in [6.45, 7) is 4.03. The van der Waals surface area contributed by atoms with Gasteiger partial charge in [-0.2, -0.15) is 0 Å². The summed E-state index contributed by atoms with van der Waals surface area (Å²) in [5.74, 6) is 1.48. The number of piperidine rings is 1. The van der Waals surface area contributed by atoms with Crippen molar-refractivity contribution in [1.82, 2.24) is 15.4 Å². The van der Waals surface area contributed by atoms with Gasteiger partial charge in [-0.1, -0.05) is 5.16 Å². The second-order valence-corrected chi connectivity index (χ2v) is 7.29. The summed E-state index contributed by atoms with van der Waals surface area (Å²) in [4.78, 5) is 26.5. The SMILES string of the molecule is CC(NC(=O)c1cc(C2CC2)on1)C1CCCN(C(=O)CCCN)C1. The quantitative estimate of drug-likeness (QED) is 0.780. The first kappa shape index (κ1) is 17.9. The lowest BCUT2D eigenvalue weighted by Gasteiger charge is -2.36. The normalized spacial score (nSPS) is 21.8. The van der Waals surface area contributed by atoms with E-state index >= 15 is 0 Å². The molecule has 2 unspecified atom stereocenters. The summed E-state index contributed by atoms with van der Waals surface area (Å²) < 4.78 is 5.25. The summed E-state index contributed by atoms with van der Waals surface area (Å²) in [6.07, 6.45) is 5.43. The Kier molecular flexibility index (Phi) is 5.73. The van der Waals surface area contributed by atoms with Gasteiger partial charge in [0.2, 0.25) is 5.91 Å². The molecule has 2 heterocycles. The number of nitrogens with two attached hydrogens (primary N) is 1. The molecule has 25 heavy (non-hydrogen) atoms. The Labute approximate surface area is 148 Å². The largest absolute Gasteiger partial charge is 0.360 e. The number of carbonyl (C=O) groups excluding carboxylic acids is 2. The Balaban J connectivity index is 1.51. The molecular weight excluding hydrogens is 320 g/mol. The maximum atomic E-state index is 12.4. The van der Waals surface area contributed by atoms with E-state index in [0.29, 0.717) is 31.1 Å². The predicted molar refractivity (Wildman–Crippen MR) is 93.0 cm³/mol.